The highest BCUT2D eigenvalue weighted by atomic mass is 14.9. The summed E-state index contributed by atoms with van der Waals surface area (Å²) in [7, 11) is 0. The van der Waals surface area contributed by atoms with Crippen molar-refractivity contribution in [1.82, 2.24) is 9.97 Å². The molecular weight excluding hydrogens is 172 g/mol. The van der Waals surface area contributed by atoms with Crippen LogP contribution in [0.15, 0.2) is 24.4 Å². The molecule has 1 aromatic heterocycles. The number of aryl methyl sites for hydroxylation is 1. The van der Waals surface area contributed by atoms with Crippen LogP contribution in [0.4, 0.5) is 0 Å². The molecule has 1 heterocycles. The zero-order valence-electron chi connectivity index (χ0n) is 8.20. The molecule has 1 aliphatic rings. The van der Waals surface area contributed by atoms with Gasteiger partial charge in [0.1, 0.15) is 5.82 Å². The van der Waals surface area contributed by atoms with Crippen molar-refractivity contribution in [2.75, 3.05) is 0 Å². The first-order valence-electron chi connectivity index (χ1n) is 5.07. The maximum atomic E-state index is 4.63. The summed E-state index contributed by atoms with van der Waals surface area (Å²) in [5.74, 6) is 1.67. The van der Waals surface area contributed by atoms with Crippen molar-refractivity contribution in [3.8, 4) is 0 Å². The Kier molecular flexibility index (Phi) is 1.57. The lowest BCUT2D eigenvalue weighted by Gasteiger charge is -2.02. The molecule has 1 aliphatic carbocycles. The van der Waals surface area contributed by atoms with Crippen molar-refractivity contribution in [2.24, 2.45) is 0 Å². The van der Waals surface area contributed by atoms with Crippen LogP contribution in [0.25, 0.3) is 10.9 Å². The van der Waals surface area contributed by atoms with Gasteiger partial charge in [-0.2, -0.15) is 0 Å². The van der Waals surface area contributed by atoms with E-state index in [1.54, 1.807) is 0 Å². The summed E-state index contributed by atoms with van der Waals surface area (Å²) in [5.41, 5.74) is 2.36. The van der Waals surface area contributed by atoms with Crippen LogP contribution in [0.1, 0.15) is 30.1 Å². The Hall–Kier alpha value is -1.44. The summed E-state index contributed by atoms with van der Waals surface area (Å²) >= 11 is 0. The second-order valence-electron chi connectivity index (χ2n) is 4.02. The van der Waals surface area contributed by atoms with Gasteiger partial charge < -0.3 is 0 Å². The number of fused-ring (bicyclic) bond motifs is 1. The van der Waals surface area contributed by atoms with E-state index in [0.717, 1.165) is 16.7 Å². The molecule has 1 saturated carbocycles. The zero-order chi connectivity index (χ0) is 9.54. The summed E-state index contributed by atoms with van der Waals surface area (Å²) in [6, 6.07) is 6.23. The number of benzene rings is 1. The van der Waals surface area contributed by atoms with Gasteiger partial charge in [-0.1, -0.05) is 18.2 Å². The summed E-state index contributed by atoms with van der Waals surface area (Å²) in [4.78, 5) is 9.02. The van der Waals surface area contributed by atoms with Gasteiger partial charge in [-0.05, 0) is 25.3 Å². The number of rotatable bonds is 1. The molecule has 0 unspecified atom stereocenters. The van der Waals surface area contributed by atoms with E-state index in [1.807, 2.05) is 6.20 Å². The molecular formula is C12H12N2. The van der Waals surface area contributed by atoms with Crippen molar-refractivity contribution in [1.29, 1.82) is 0 Å². The fraction of sp³-hybridized carbons (Fsp3) is 0.333. The molecule has 0 radical (unpaired) electrons. The lowest BCUT2D eigenvalue weighted by Crippen LogP contribution is -1.93. The van der Waals surface area contributed by atoms with E-state index in [-0.39, 0.29) is 0 Å². The molecule has 0 bridgehead atoms. The highest BCUT2D eigenvalue weighted by Gasteiger charge is 2.26. The highest BCUT2D eigenvalue weighted by molar-refractivity contribution is 5.80. The average Bonchev–Trinajstić information content (AvgIpc) is 3.01. The van der Waals surface area contributed by atoms with E-state index in [9.17, 15) is 0 Å². The van der Waals surface area contributed by atoms with Crippen LogP contribution < -0.4 is 0 Å². The third kappa shape index (κ3) is 1.18. The van der Waals surface area contributed by atoms with Gasteiger partial charge in [-0.15, -0.1) is 0 Å². The van der Waals surface area contributed by atoms with E-state index >= 15 is 0 Å². The molecule has 70 valence electrons. The third-order valence-corrected chi connectivity index (χ3v) is 2.77. The Morgan fingerprint density at radius 3 is 2.93 bits per heavy atom. The first-order chi connectivity index (χ1) is 6.84. The van der Waals surface area contributed by atoms with Gasteiger partial charge >= 0.3 is 0 Å². The standard InChI is InChI=1S/C12H12N2/c1-8-3-2-4-10-7-13-12(9-5-6-9)14-11(8)10/h2-4,7,9H,5-6H2,1H3. The predicted molar refractivity (Wildman–Crippen MR) is 56.3 cm³/mol. The Labute approximate surface area is 83.0 Å². The number of para-hydroxylation sites is 1. The molecule has 2 heteroatoms. The number of hydrogen-bond donors (Lipinski definition) is 0. The number of nitrogens with zero attached hydrogens (tertiary/aromatic N) is 2. The van der Waals surface area contributed by atoms with Crippen LogP contribution in [0.5, 0.6) is 0 Å². The maximum Gasteiger partial charge on any atom is 0.132 e. The SMILES string of the molecule is Cc1cccc2cnc(C3CC3)nc12. The van der Waals surface area contributed by atoms with Crippen molar-refractivity contribution in [3.63, 3.8) is 0 Å². The smallest absolute Gasteiger partial charge is 0.132 e. The van der Waals surface area contributed by atoms with Gasteiger partial charge in [-0.3, -0.25) is 0 Å². The predicted octanol–water partition coefficient (Wildman–Crippen LogP) is 2.82. The zero-order valence-corrected chi connectivity index (χ0v) is 8.20. The Morgan fingerprint density at radius 1 is 1.29 bits per heavy atom. The minimum Gasteiger partial charge on any atom is -0.240 e. The van der Waals surface area contributed by atoms with Crippen molar-refractivity contribution >= 4 is 10.9 Å². The number of hydrogen-bond acceptors (Lipinski definition) is 2. The van der Waals surface area contributed by atoms with Gasteiger partial charge in [0.15, 0.2) is 0 Å². The monoisotopic (exact) mass is 184 g/mol. The first kappa shape index (κ1) is 7.92. The van der Waals surface area contributed by atoms with E-state index in [0.29, 0.717) is 5.92 Å². The quantitative estimate of drug-likeness (QED) is 0.681. The highest BCUT2D eigenvalue weighted by Crippen LogP contribution is 2.38. The summed E-state index contributed by atoms with van der Waals surface area (Å²) in [5, 5.41) is 1.15. The average molecular weight is 184 g/mol. The van der Waals surface area contributed by atoms with Crippen LogP contribution in [0, 0.1) is 6.92 Å². The van der Waals surface area contributed by atoms with Gasteiger partial charge in [0.05, 0.1) is 5.52 Å². The largest absolute Gasteiger partial charge is 0.240 e. The van der Waals surface area contributed by atoms with Crippen LogP contribution in [0.3, 0.4) is 0 Å². The molecule has 0 saturated heterocycles. The van der Waals surface area contributed by atoms with Crippen LogP contribution >= 0.6 is 0 Å². The molecule has 3 rings (SSSR count). The topological polar surface area (TPSA) is 25.8 Å². The van der Waals surface area contributed by atoms with Gasteiger partial charge in [0, 0.05) is 17.5 Å². The van der Waals surface area contributed by atoms with Gasteiger partial charge in [0.25, 0.3) is 0 Å². The minimum atomic E-state index is 0.638. The van der Waals surface area contributed by atoms with Crippen LogP contribution in [0.2, 0.25) is 0 Å². The molecule has 0 aliphatic heterocycles. The maximum absolute atomic E-state index is 4.63. The summed E-state index contributed by atoms with van der Waals surface area (Å²) in [6.07, 6.45) is 4.47. The van der Waals surface area contributed by atoms with E-state index in [1.165, 1.54) is 18.4 Å². The summed E-state index contributed by atoms with van der Waals surface area (Å²) < 4.78 is 0. The van der Waals surface area contributed by atoms with Gasteiger partial charge in [-0.25, -0.2) is 9.97 Å². The molecule has 14 heavy (non-hydrogen) atoms. The lowest BCUT2D eigenvalue weighted by molar-refractivity contribution is 0.946. The normalized spacial score (nSPS) is 16.1. The Bertz CT molecular complexity index is 487. The molecule has 0 amide bonds. The van der Waals surface area contributed by atoms with Crippen molar-refractivity contribution < 1.29 is 0 Å². The van der Waals surface area contributed by atoms with E-state index in [2.05, 4.69) is 35.1 Å². The Morgan fingerprint density at radius 2 is 2.14 bits per heavy atom. The lowest BCUT2D eigenvalue weighted by atomic mass is 10.1. The summed E-state index contributed by atoms with van der Waals surface area (Å²) in [6.45, 7) is 2.10. The van der Waals surface area contributed by atoms with Gasteiger partial charge in [0.2, 0.25) is 0 Å². The molecule has 2 nitrogen and oxygen atoms in total. The van der Waals surface area contributed by atoms with Crippen molar-refractivity contribution in [2.45, 2.75) is 25.7 Å². The molecule has 1 fully saturated rings. The van der Waals surface area contributed by atoms with E-state index in [4.69, 9.17) is 0 Å². The molecule has 0 spiro atoms. The molecule has 1 aromatic carbocycles. The second kappa shape index (κ2) is 2.77. The minimum absolute atomic E-state index is 0.638. The molecule has 2 aromatic rings. The third-order valence-electron chi connectivity index (χ3n) is 2.77. The second-order valence-corrected chi connectivity index (χ2v) is 4.02. The fourth-order valence-electron chi connectivity index (χ4n) is 1.76. The fourth-order valence-corrected chi connectivity index (χ4v) is 1.76. The van der Waals surface area contributed by atoms with Crippen molar-refractivity contribution in [3.05, 3.63) is 35.8 Å². The number of aromatic nitrogens is 2. The Balaban J connectivity index is 2.25. The molecule has 0 N–H and O–H groups in total. The molecule has 0 atom stereocenters. The van der Waals surface area contributed by atoms with Crippen LogP contribution in [-0.2, 0) is 0 Å². The first-order valence-corrected chi connectivity index (χ1v) is 5.07. The van der Waals surface area contributed by atoms with Crippen LogP contribution in [-0.4, -0.2) is 9.97 Å². The van der Waals surface area contributed by atoms with E-state index < -0.39 is 0 Å².